The molecule has 1 saturated carbocycles. The van der Waals surface area contributed by atoms with Crippen LogP contribution in [0.25, 0.3) is 0 Å². The lowest BCUT2D eigenvalue weighted by Crippen LogP contribution is -2.11. The number of hydrogen-bond acceptors (Lipinski definition) is 3. The number of hydrogen-bond donors (Lipinski definition) is 1. The van der Waals surface area contributed by atoms with Crippen LogP contribution in [0, 0.1) is 6.92 Å². The van der Waals surface area contributed by atoms with Crippen LogP contribution in [0.3, 0.4) is 0 Å². The van der Waals surface area contributed by atoms with Gasteiger partial charge in [0.1, 0.15) is 0 Å². The van der Waals surface area contributed by atoms with Crippen molar-refractivity contribution in [3.8, 4) is 0 Å². The Balaban J connectivity index is 2.13. The van der Waals surface area contributed by atoms with Gasteiger partial charge >= 0.3 is 0 Å². The Labute approximate surface area is 89.8 Å². The first-order valence-corrected chi connectivity index (χ1v) is 6.15. The number of nitrogens with zero attached hydrogens (tertiary/aromatic N) is 1. The number of nitrogens with one attached hydrogen (secondary N) is 1. The van der Waals surface area contributed by atoms with E-state index in [0.29, 0.717) is 5.41 Å². The first-order chi connectivity index (χ1) is 6.65. The fourth-order valence-electron chi connectivity index (χ4n) is 1.49. The van der Waals surface area contributed by atoms with Crippen molar-refractivity contribution in [3.63, 3.8) is 0 Å². The smallest absolute Gasteiger partial charge is 0.0990 e. The third-order valence-electron chi connectivity index (χ3n) is 2.94. The molecule has 2 nitrogen and oxygen atoms in total. The number of aromatic nitrogens is 1. The van der Waals surface area contributed by atoms with E-state index in [-0.39, 0.29) is 0 Å². The maximum Gasteiger partial charge on any atom is 0.0990 e. The zero-order valence-electron chi connectivity index (χ0n) is 9.18. The Morgan fingerprint density at radius 2 is 2.21 bits per heavy atom. The standard InChI is InChI=1S/C11H18N2S/c1-4-12-7-9-8(2)13-10(14-9)11(3)5-6-11/h12H,4-7H2,1-3H3. The highest BCUT2D eigenvalue weighted by atomic mass is 32.1. The Kier molecular flexibility index (Phi) is 2.62. The average molecular weight is 210 g/mol. The van der Waals surface area contributed by atoms with Gasteiger partial charge in [0.2, 0.25) is 0 Å². The van der Waals surface area contributed by atoms with Crippen molar-refractivity contribution in [1.82, 2.24) is 10.3 Å². The zero-order valence-corrected chi connectivity index (χ0v) is 10.0. The average Bonchev–Trinajstić information content (AvgIpc) is 2.78. The minimum absolute atomic E-state index is 0.430. The van der Waals surface area contributed by atoms with Gasteiger partial charge in [-0.05, 0) is 26.3 Å². The Morgan fingerprint density at radius 1 is 1.50 bits per heavy atom. The summed E-state index contributed by atoms with van der Waals surface area (Å²) in [4.78, 5) is 6.09. The Hall–Kier alpha value is -0.410. The van der Waals surface area contributed by atoms with E-state index in [9.17, 15) is 0 Å². The lowest BCUT2D eigenvalue weighted by atomic mass is 10.2. The molecule has 0 atom stereocenters. The molecule has 0 radical (unpaired) electrons. The van der Waals surface area contributed by atoms with Gasteiger partial charge in [0, 0.05) is 16.8 Å². The molecular formula is C11H18N2S. The molecule has 78 valence electrons. The third kappa shape index (κ3) is 1.84. The van der Waals surface area contributed by atoms with Gasteiger partial charge in [-0.1, -0.05) is 13.8 Å². The van der Waals surface area contributed by atoms with Crippen molar-refractivity contribution in [3.05, 3.63) is 15.6 Å². The molecule has 1 aromatic heterocycles. The summed E-state index contributed by atoms with van der Waals surface area (Å²) in [5.74, 6) is 0. The molecule has 3 heteroatoms. The predicted molar refractivity (Wildman–Crippen MR) is 60.8 cm³/mol. The summed E-state index contributed by atoms with van der Waals surface area (Å²) in [6.45, 7) is 8.60. The molecule has 0 amide bonds. The largest absolute Gasteiger partial charge is 0.312 e. The molecule has 1 aliphatic rings. The maximum atomic E-state index is 4.68. The van der Waals surface area contributed by atoms with E-state index in [0.717, 1.165) is 13.1 Å². The first-order valence-electron chi connectivity index (χ1n) is 5.33. The van der Waals surface area contributed by atoms with Gasteiger partial charge in [0.05, 0.1) is 10.7 Å². The van der Waals surface area contributed by atoms with Crippen molar-refractivity contribution in [2.45, 2.75) is 45.6 Å². The van der Waals surface area contributed by atoms with Crippen LogP contribution < -0.4 is 5.32 Å². The normalized spacial score (nSPS) is 18.5. The van der Waals surface area contributed by atoms with Crippen LogP contribution in [-0.4, -0.2) is 11.5 Å². The summed E-state index contributed by atoms with van der Waals surface area (Å²) in [5.41, 5.74) is 1.65. The summed E-state index contributed by atoms with van der Waals surface area (Å²) in [6.07, 6.45) is 2.64. The molecule has 14 heavy (non-hydrogen) atoms. The molecule has 1 aliphatic carbocycles. The maximum absolute atomic E-state index is 4.68. The minimum Gasteiger partial charge on any atom is -0.312 e. The second-order valence-electron chi connectivity index (χ2n) is 4.37. The van der Waals surface area contributed by atoms with Gasteiger partial charge in [-0.25, -0.2) is 4.98 Å². The zero-order chi connectivity index (χ0) is 10.2. The van der Waals surface area contributed by atoms with Crippen molar-refractivity contribution in [2.75, 3.05) is 6.54 Å². The van der Waals surface area contributed by atoms with Gasteiger partial charge in [-0.3, -0.25) is 0 Å². The topological polar surface area (TPSA) is 24.9 Å². The van der Waals surface area contributed by atoms with Crippen molar-refractivity contribution in [1.29, 1.82) is 0 Å². The quantitative estimate of drug-likeness (QED) is 0.826. The molecule has 1 N–H and O–H groups in total. The van der Waals surface area contributed by atoms with Gasteiger partial charge in [-0.15, -0.1) is 11.3 Å². The highest BCUT2D eigenvalue weighted by Gasteiger charge is 2.42. The first kappa shape index (κ1) is 10.1. The highest BCUT2D eigenvalue weighted by molar-refractivity contribution is 7.12. The Morgan fingerprint density at radius 3 is 2.79 bits per heavy atom. The SMILES string of the molecule is CCNCc1sc(C2(C)CC2)nc1C. The molecule has 0 bridgehead atoms. The number of thiazole rings is 1. The highest BCUT2D eigenvalue weighted by Crippen LogP contribution is 2.49. The van der Waals surface area contributed by atoms with E-state index in [1.54, 1.807) is 0 Å². The summed E-state index contributed by atoms with van der Waals surface area (Å²) >= 11 is 1.90. The fourth-order valence-corrected chi connectivity index (χ4v) is 2.72. The molecule has 1 fully saturated rings. The van der Waals surface area contributed by atoms with Crippen LogP contribution in [-0.2, 0) is 12.0 Å². The minimum atomic E-state index is 0.430. The van der Waals surface area contributed by atoms with E-state index < -0.39 is 0 Å². The van der Waals surface area contributed by atoms with Gasteiger partial charge in [0.15, 0.2) is 0 Å². The van der Waals surface area contributed by atoms with Crippen LogP contribution in [0.5, 0.6) is 0 Å². The van der Waals surface area contributed by atoms with Crippen molar-refractivity contribution in [2.24, 2.45) is 0 Å². The predicted octanol–water partition coefficient (Wildman–Crippen LogP) is 2.61. The van der Waals surface area contributed by atoms with E-state index in [1.807, 2.05) is 11.3 Å². The Bertz CT molecular complexity index is 326. The van der Waals surface area contributed by atoms with Gasteiger partial charge in [0.25, 0.3) is 0 Å². The van der Waals surface area contributed by atoms with Gasteiger partial charge in [-0.2, -0.15) is 0 Å². The van der Waals surface area contributed by atoms with E-state index >= 15 is 0 Å². The van der Waals surface area contributed by atoms with E-state index in [4.69, 9.17) is 0 Å². The van der Waals surface area contributed by atoms with Crippen LogP contribution >= 0.6 is 11.3 Å². The second kappa shape index (κ2) is 3.63. The number of rotatable bonds is 4. The van der Waals surface area contributed by atoms with Crippen LogP contribution in [0.4, 0.5) is 0 Å². The fraction of sp³-hybridized carbons (Fsp3) is 0.727. The van der Waals surface area contributed by atoms with E-state index in [1.165, 1.54) is 28.4 Å². The van der Waals surface area contributed by atoms with Gasteiger partial charge < -0.3 is 5.32 Å². The summed E-state index contributed by atoms with van der Waals surface area (Å²) in [6, 6.07) is 0. The summed E-state index contributed by atoms with van der Waals surface area (Å²) in [7, 11) is 0. The molecule has 1 heterocycles. The molecular weight excluding hydrogens is 192 g/mol. The molecule has 1 aromatic rings. The monoisotopic (exact) mass is 210 g/mol. The summed E-state index contributed by atoms with van der Waals surface area (Å²) < 4.78 is 0. The molecule has 0 unspecified atom stereocenters. The molecule has 0 aromatic carbocycles. The summed E-state index contributed by atoms with van der Waals surface area (Å²) in [5, 5.41) is 4.71. The van der Waals surface area contributed by atoms with E-state index in [2.05, 4.69) is 31.1 Å². The lowest BCUT2D eigenvalue weighted by Gasteiger charge is -2.00. The third-order valence-corrected chi connectivity index (χ3v) is 4.41. The number of aryl methyl sites for hydroxylation is 1. The van der Waals surface area contributed by atoms with Crippen molar-refractivity contribution < 1.29 is 0 Å². The van der Waals surface area contributed by atoms with Crippen molar-refractivity contribution >= 4 is 11.3 Å². The molecule has 0 spiro atoms. The molecule has 0 saturated heterocycles. The van der Waals surface area contributed by atoms with Crippen LogP contribution in [0.2, 0.25) is 0 Å². The lowest BCUT2D eigenvalue weighted by molar-refractivity contribution is 0.729. The molecule has 0 aliphatic heterocycles. The van der Waals surface area contributed by atoms with Crippen LogP contribution in [0.15, 0.2) is 0 Å². The second-order valence-corrected chi connectivity index (χ2v) is 5.45. The molecule has 2 rings (SSSR count). The van der Waals surface area contributed by atoms with Crippen LogP contribution in [0.1, 0.15) is 42.3 Å².